The molecule has 5 atom stereocenters. The zero-order valence-electron chi connectivity index (χ0n) is 16.0. The lowest BCUT2D eigenvalue weighted by Gasteiger charge is -2.20. The van der Waals surface area contributed by atoms with E-state index >= 15 is 0 Å². The van der Waals surface area contributed by atoms with E-state index in [1.807, 2.05) is 6.92 Å². The Morgan fingerprint density at radius 2 is 2.08 bits per heavy atom. The van der Waals surface area contributed by atoms with Crippen molar-refractivity contribution >= 4 is 6.09 Å². The van der Waals surface area contributed by atoms with Gasteiger partial charge < -0.3 is 24.2 Å². The average molecular weight is 357 g/mol. The van der Waals surface area contributed by atoms with Gasteiger partial charge in [0.2, 0.25) is 0 Å². The lowest BCUT2D eigenvalue weighted by atomic mass is 9.88. The van der Waals surface area contributed by atoms with Crippen LogP contribution < -0.4 is 0 Å². The molecule has 0 aliphatic carbocycles. The van der Waals surface area contributed by atoms with Crippen LogP contribution in [-0.2, 0) is 14.2 Å². The molecule has 0 bridgehead atoms. The number of ether oxygens (including phenoxy) is 3. The second-order valence-corrected chi connectivity index (χ2v) is 7.55. The minimum Gasteiger partial charge on any atom is -0.446 e. The zero-order chi connectivity index (χ0) is 18.2. The summed E-state index contributed by atoms with van der Waals surface area (Å²) >= 11 is 0. The first kappa shape index (κ1) is 20.5. The average Bonchev–Trinajstić information content (AvgIpc) is 3.34. The molecule has 0 spiro atoms. The molecule has 2 fully saturated rings. The number of hydrogen-bond acceptors (Lipinski definition) is 5. The van der Waals surface area contributed by atoms with E-state index in [2.05, 4.69) is 13.8 Å². The standard InChI is InChI=1S/C19H35NO5/c1-4-5-17(25-19(22)20-12-15(20)3)9-11-23-18-7-6-16(8-10-21)14(2)13-24-18/h14-18,21H,4-13H2,1-3H3. The van der Waals surface area contributed by atoms with E-state index in [1.165, 1.54) is 0 Å². The molecule has 25 heavy (non-hydrogen) atoms. The summed E-state index contributed by atoms with van der Waals surface area (Å²) in [5.74, 6) is 0.950. The molecule has 0 aromatic rings. The van der Waals surface area contributed by atoms with Gasteiger partial charge in [0.15, 0.2) is 6.29 Å². The van der Waals surface area contributed by atoms with Crippen LogP contribution in [0.4, 0.5) is 4.79 Å². The summed E-state index contributed by atoms with van der Waals surface area (Å²) in [5.41, 5.74) is 0. The van der Waals surface area contributed by atoms with Crippen LogP contribution in [0, 0.1) is 11.8 Å². The fraction of sp³-hybridized carbons (Fsp3) is 0.947. The predicted octanol–water partition coefficient (Wildman–Crippen LogP) is 3.17. The summed E-state index contributed by atoms with van der Waals surface area (Å²) in [5, 5.41) is 9.16. The SMILES string of the molecule is CCCC(CCOC1CCC(CCO)C(C)CO1)OC(=O)N1CC1C. The first-order valence-electron chi connectivity index (χ1n) is 9.86. The molecule has 2 aliphatic heterocycles. The Labute approximate surface area is 151 Å². The van der Waals surface area contributed by atoms with Crippen LogP contribution in [0.15, 0.2) is 0 Å². The molecule has 0 aromatic carbocycles. The Bertz CT molecular complexity index is 405. The second-order valence-electron chi connectivity index (χ2n) is 7.55. The summed E-state index contributed by atoms with van der Waals surface area (Å²) in [6.45, 7) is 8.55. The Morgan fingerprint density at radius 3 is 2.72 bits per heavy atom. The highest BCUT2D eigenvalue weighted by Crippen LogP contribution is 2.27. The van der Waals surface area contributed by atoms with Crippen LogP contribution in [-0.4, -0.2) is 60.9 Å². The highest BCUT2D eigenvalue weighted by molar-refractivity contribution is 5.71. The van der Waals surface area contributed by atoms with Crippen molar-refractivity contribution in [1.82, 2.24) is 4.90 Å². The maximum absolute atomic E-state index is 12.0. The van der Waals surface area contributed by atoms with Crippen molar-refractivity contribution in [2.24, 2.45) is 11.8 Å². The van der Waals surface area contributed by atoms with Crippen LogP contribution in [0.5, 0.6) is 0 Å². The molecule has 6 heteroatoms. The number of carbonyl (C=O) groups excluding carboxylic acids is 1. The van der Waals surface area contributed by atoms with Gasteiger partial charge in [0.05, 0.1) is 19.3 Å². The number of hydrogen-bond donors (Lipinski definition) is 1. The predicted molar refractivity (Wildman–Crippen MR) is 95.2 cm³/mol. The second kappa shape index (κ2) is 10.3. The summed E-state index contributed by atoms with van der Waals surface area (Å²) in [7, 11) is 0. The van der Waals surface area contributed by atoms with Gasteiger partial charge in [0, 0.05) is 19.6 Å². The van der Waals surface area contributed by atoms with Crippen LogP contribution in [0.3, 0.4) is 0 Å². The molecule has 1 amide bonds. The Balaban J connectivity index is 1.69. The lowest BCUT2D eigenvalue weighted by molar-refractivity contribution is -0.148. The third kappa shape index (κ3) is 6.76. The minimum atomic E-state index is -0.197. The first-order chi connectivity index (χ1) is 12.0. The highest BCUT2D eigenvalue weighted by atomic mass is 16.7. The Morgan fingerprint density at radius 1 is 1.32 bits per heavy atom. The van der Waals surface area contributed by atoms with E-state index < -0.39 is 0 Å². The maximum Gasteiger partial charge on any atom is 0.410 e. The minimum absolute atomic E-state index is 0.0860. The van der Waals surface area contributed by atoms with Crippen molar-refractivity contribution in [1.29, 1.82) is 0 Å². The molecule has 6 nitrogen and oxygen atoms in total. The van der Waals surface area contributed by atoms with Gasteiger partial charge in [-0.1, -0.05) is 20.3 Å². The van der Waals surface area contributed by atoms with E-state index in [1.54, 1.807) is 4.90 Å². The van der Waals surface area contributed by atoms with Gasteiger partial charge >= 0.3 is 6.09 Å². The van der Waals surface area contributed by atoms with E-state index in [4.69, 9.17) is 19.3 Å². The first-order valence-corrected chi connectivity index (χ1v) is 9.86. The lowest BCUT2D eigenvalue weighted by Crippen LogP contribution is -2.26. The van der Waals surface area contributed by atoms with E-state index in [0.29, 0.717) is 37.5 Å². The van der Waals surface area contributed by atoms with Crippen LogP contribution in [0.2, 0.25) is 0 Å². The van der Waals surface area contributed by atoms with Crippen molar-refractivity contribution in [3.63, 3.8) is 0 Å². The van der Waals surface area contributed by atoms with Crippen molar-refractivity contribution in [2.75, 3.05) is 26.4 Å². The largest absolute Gasteiger partial charge is 0.446 e. The monoisotopic (exact) mass is 357 g/mol. The molecule has 2 saturated heterocycles. The summed E-state index contributed by atoms with van der Waals surface area (Å²) in [4.78, 5) is 13.7. The molecular weight excluding hydrogens is 322 g/mol. The number of carbonyl (C=O) groups is 1. The molecule has 0 saturated carbocycles. The van der Waals surface area contributed by atoms with Gasteiger partial charge in [0.1, 0.15) is 6.10 Å². The summed E-state index contributed by atoms with van der Waals surface area (Å²) < 4.78 is 17.4. The zero-order valence-corrected chi connectivity index (χ0v) is 16.0. The van der Waals surface area contributed by atoms with Gasteiger partial charge in [0.25, 0.3) is 0 Å². The van der Waals surface area contributed by atoms with Crippen molar-refractivity contribution in [3.05, 3.63) is 0 Å². The fourth-order valence-electron chi connectivity index (χ4n) is 3.46. The molecule has 1 N–H and O–H groups in total. The molecule has 0 radical (unpaired) electrons. The Kier molecular flexibility index (Phi) is 8.46. The van der Waals surface area contributed by atoms with Gasteiger partial charge in [-0.25, -0.2) is 4.79 Å². The van der Waals surface area contributed by atoms with E-state index in [0.717, 1.165) is 38.6 Å². The molecule has 2 rings (SSSR count). The molecule has 5 unspecified atom stereocenters. The normalized spacial score (nSPS) is 30.6. The van der Waals surface area contributed by atoms with Crippen molar-refractivity contribution < 1.29 is 24.1 Å². The number of amides is 1. The molecule has 2 aliphatic rings. The van der Waals surface area contributed by atoms with E-state index in [9.17, 15) is 4.79 Å². The van der Waals surface area contributed by atoms with Crippen LogP contribution in [0.25, 0.3) is 0 Å². The van der Waals surface area contributed by atoms with Crippen LogP contribution in [0.1, 0.15) is 59.3 Å². The molecular formula is C19H35NO5. The summed E-state index contributed by atoms with van der Waals surface area (Å²) in [6, 6.07) is 0.319. The number of nitrogens with zero attached hydrogens (tertiary/aromatic N) is 1. The fourth-order valence-corrected chi connectivity index (χ4v) is 3.46. The third-order valence-electron chi connectivity index (χ3n) is 5.34. The topological polar surface area (TPSA) is 68.0 Å². The van der Waals surface area contributed by atoms with Gasteiger partial charge in [-0.3, -0.25) is 0 Å². The smallest absolute Gasteiger partial charge is 0.410 e. The van der Waals surface area contributed by atoms with Gasteiger partial charge in [-0.2, -0.15) is 0 Å². The van der Waals surface area contributed by atoms with Crippen molar-refractivity contribution in [3.8, 4) is 0 Å². The molecule has 2 heterocycles. The summed E-state index contributed by atoms with van der Waals surface area (Å²) in [6.07, 6.45) is 4.79. The van der Waals surface area contributed by atoms with E-state index in [-0.39, 0.29) is 25.1 Å². The molecule has 0 aromatic heterocycles. The Hall–Kier alpha value is -0.850. The maximum atomic E-state index is 12.0. The quantitative estimate of drug-likeness (QED) is 0.642. The number of aliphatic hydroxyl groups excluding tert-OH is 1. The van der Waals surface area contributed by atoms with Crippen molar-refractivity contribution in [2.45, 2.75) is 77.7 Å². The van der Waals surface area contributed by atoms with Gasteiger partial charge in [-0.15, -0.1) is 0 Å². The number of rotatable bonds is 9. The van der Waals surface area contributed by atoms with Crippen LogP contribution >= 0.6 is 0 Å². The molecule has 146 valence electrons. The highest BCUT2D eigenvalue weighted by Gasteiger charge is 2.36. The van der Waals surface area contributed by atoms with Gasteiger partial charge in [-0.05, 0) is 44.4 Å². The number of aliphatic hydroxyl groups is 1. The third-order valence-corrected chi connectivity index (χ3v) is 5.34.